The molecular weight excluding hydrogens is 212 g/mol. The van der Waals surface area contributed by atoms with Gasteiger partial charge in [-0.1, -0.05) is 18.2 Å². The second-order valence-corrected chi connectivity index (χ2v) is 5.23. The zero-order chi connectivity index (χ0) is 12.0. The van der Waals surface area contributed by atoms with Crippen molar-refractivity contribution in [2.75, 3.05) is 13.1 Å². The van der Waals surface area contributed by atoms with Gasteiger partial charge >= 0.3 is 0 Å². The second kappa shape index (κ2) is 3.84. The lowest BCUT2D eigenvalue weighted by atomic mass is 9.84. The van der Waals surface area contributed by atoms with E-state index in [9.17, 15) is 4.79 Å². The Kier molecular flexibility index (Phi) is 2.44. The average molecular weight is 230 g/mol. The summed E-state index contributed by atoms with van der Waals surface area (Å²) in [6.07, 6.45) is 0. The summed E-state index contributed by atoms with van der Waals surface area (Å²) in [5.41, 5.74) is 2.12. The number of nitrogens with zero attached hydrogens (tertiary/aromatic N) is 1. The molecule has 90 valence electrons. The van der Waals surface area contributed by atoms with Crippen LogP contribution in [0.4, 0.5) is 0 Å². The lowest BCUT2D eigenvalue weighted by Crippen LogP contribution is -2.51. The molecule has 2 atom stereocenters. The van der Waals surface area contributed by atoms with Gasteiger partial charge in [-0.05, 0) is 25.5 Å². The third-order valence-electron chi connectivity index (χ3n) is 3.92. The second-order valence-electron chi connectivity index (χ2n) is 5.23. The van der Waals surface area contributed by atoms with E-state index >= 15 is 0 Å². The summed E-state index contributed by atoms with van der Waals surface area (Å²) in [6, 6.07) is 8.66. The Morgan fingerprint density at radius 3 is 2.82 bits per heavy atom. The minimum Gasteiger partial charge on any atom is -0.331 e. The summed E-state index contributed by atoms with van der Waals surface area (Å²) in [7, 11) is 0. The number of rotatable bonds is 1. The fourth-order valence-corrected chi connectivity index (χ4v) is 3.20. The zero-order valence-electron chi connectivity index (χ0n) is 10.3. The number of nitrogens with one attached hydrogen (secondary N) is 1. The summed E-state index contributed by atoms with van der Waals surface area (Å²) >= 11 is 0. The molecule has 0 aliphatic carbocycles. The maximum atomic E-state index is 12.5. The van der Waals surface area contributed by atoms with Gasteiger partial charge in [0.05, 0.1) is 6.04 Å². The number of fused-ring (bicyclic) bond motifs is 3. The topological polar surface area (TPSA) is 32.3 Å². The molecule has 0 spiro atoms. The standard InChI is InChI=1S/C14H18N2O/c1-9(2)16-13-8-15-7-12(13)10-5-3-4-6-11(10)14(16)17/h3-6,9,12-13,15H,7-8H2,1-2H3. The molecule has 0 saturated carbocycles. The first-order valence-corrected chi connectivity index (χ1v) is 6.32. The van der Waals surface area contributed by atoms with Crippen LogP contribution in [0.5, 0.6) is 0 Å². The average Bonchev–Trinajstić information content (AvgIpc) is 2.78. The van der Waals surface area contributed by atoms with Gasteiger partial charge < -0.3 is 10.2 Å². The number of amides is 1. The smallest absolute Gasteiger partial charge is 0.254 e. The molecule has 2 aliphatic rings. The molecule has 2 heterocycles. The van der Waals surface area contributed by atoms with Crippen molar-refractivity contribution in [2.24, 2.45) is 0 Å². The maximum Gasteiger partial charge on any atom is 0.254 e. The normalized spacial score (nSPS) is 27.2. The van der Waals surface area contributed by atoms with E-state index in [1.165, 1.54) is 5.56 Å². The Bertz CT molecular complexity index is 455. The van der Waals surface area contributed by atoms with Gasteiger partial charge in [-0.15, -0.1) is 0 Å². The molecule has 17 heavy (non-hydrogen) atoms. The number of carbonyl (C=O) groups is 1. The molecule has 1 aromatic carbocycles. The third kappa shape index (κ3) is 1.49. The van der Waals surface area contributed by atoms with Crippen molar-refractivity contribution in [3.63, 3.8) is 0 Å². The van der Waals surface area contributed by atoms with Crippen molar-refractivity contribution in [2.45, 2.75) is 31.8 Å². The van der Waals surface area contributed by atoms with Crippen LogP contribution in [0.2, 0.25) is 0 Å². The molecule has 0 aromatic heterocycles. The number of benzene rings is 1. The Balaban J connectivity index is 2.12. The highest BCUT2D eigenvalue weighted by molar-refractivity contribution is 5.97. The molecule has 3 heteroatoms. The van der Waals surface area contributed by atoms with E-state index in [4.69, 9.17) is 0 Å². The molecular formula is C14H18N2O. The summed E-state index contributed by atoms with van der Waals surface area (Å²) in [5.74, 6) is 0.659. The third-order valence-corrected chi connectivity index (χ3v) is 3.92. The van der Waals surface area contributed by atoms with E-state index in [1.807, 2.05) is 23.1 Å². The predicted molar refractivity (Wildman–Crippen MR) is 67.1 cm³/mol. The number of hydrogen-bond acceptors (Lipinski definition) is 2. The minimum atomic E-state index is 0.195. The molecule has 1 amide bonds. The van der Waals surface area contributed by atoms with Gasteiger partial charge in [0.25, 0.3) is 5.91 Å². The van der Waals surface area contributed by atoms with Gasteiger partial charge in [-0.25, -0.2) is 0 Å². The monoisotopic (exact) mass is 230 g/mol. The fourth-order valence-electron chi connectivity index (χ4n) is 3.20. The number of carbonyl (C=O) groups excluding carboxylic acids is 1. The van der Waals surface area contributed by atoms with E-state index in [2.05, 4.69) is 25.2 Å². The van der Waals surface area contributed by atoms with Crippen molar-refractivity contribution in [1.29, 1.82) is 0 Å². The van der Waals surface area contributed by atoms with Crippen LogP contribution in [0.3, 0.4) is 0 Å². The molecule has 0 bridgehead atoms. The van der Waals surface area contributed by atoms with E-state index in [1.54, 1.807) is 0 Å². The van der Waals surface area contributed by atoms with E-state index in [0.29, 0.717) is 12.0 Å². The Morgan fingerprint density at radius 1 is 1.29 bits per heavy atom. The molecule has 2 aliphatic heterocycles. The molecule has 1 N–H and O–H groups in total. The van der Waals surface area contributed by atoms with Crippen molar-refractivity contribution in [1.82, 2.24) is 10.2 Å². The van der Waals surface area contributed by atoms with E-state index < -0.39 is 0 Å². The van der Waals surface area contributed by atoms with Gasteiger partial charge in [0.2, 0.25) is 0 Å². The highest BCUT2D eigenvalue weighted by Crippen LogP contribution is 2.36. The molecule has 0 radical (unpaired) electrons. The highest BCUT2D eigenvalue weighted by Gasteiger charge is 2.42. The molecule has 1 saturated heterocycles. The molecule has 1 fully saturated rings. The SMILES string of the molecule is CC(C)N1C(=O)c2ccccc2C2CNCC21. The Hall–Kier alpha value is -1.35. The van der Waals surface area contributed by atoms with Crippen LogP contribution < -0.4 is 5.32 Å². The highest BCUT2D eigenvalue weighted by atomic mass is 16.2. The first-order chi connectivity index (χ1) is 8.20. The first kappa shape index (κ1) is 10.8. The van der Waals surface area contributed by atoms with Crippen molar-refractivity contribution >= 4 is 5.91 Å². The number of hydrogen-bond donors (Lipinski definition) is 1. The van der Waals surface area contributed by atoms with E-state index in [-0.39, 0.29) is 11.9 Å². The molecule has 1 aromatic rings. The molecule has 3 nitrogen and oxygen atoms in total. The largest absolute Gasteiger partial charge is 0.331 e. The maximum absolute atomic E-state index is 12.5. The van der Waals surface area contributed by atoms with Crippen molar-refractivity contribution in [3.8, 4) is 0 Å². The van der Waals surface area contributed by atoms with Crippen LogP contribution in [0.1, 0.15) is 35.7 Å². The van der Waals surface area contributed by atoms with Crippen molar-refractivity contribution in [3.05, 3.63) is 35.4 Å². The van der Waals surface area contributed by atoms with Crippen LogP contribution >= 0.6 is 0 Å². The van der Waals surface area contributed by atoms with E-state index in [0.717, 1.165) is 18.7 Å². The first-order valence-electron chi connectivity index (χ1n) is 6.32. The summed E-state index contributed by atoms with van der Waals surface area (Å²) in [6.45, 7) is 6.10. The van der Waals surface area contributed by atoms with Crippen LogP contribution in [0, 0.1) is 0 Å². The quantitative estimate of drug-likeness (QED) is 0.795. The summed E-state index contributed by atoms with van der Waals surface area (Å²) < 4.78 is 0. The van der Waals surface area contributed by atoms with Crippen LogP contribution in [-0.2, 0) is 0 Å². The van der Waals surface area contributed by atoms with Gasteiger partial charge in [-0.3, -0.25) is 4.79 Å². The Morgan fingerprint density at radius 2 is 2.06 bits per heavy atom. The molecule has 2 unspecified atom stereocenters. The Labute approximate surface area is 102 Å². The van der Waals surface area contributed by atoms with Crippen molar-refractivity contribution < 1.29 is 4.79 Å². The van der Waals surface area contributed by atoms with Gasteiger partial charge in [0.15, 0.2) is 0 Å². The zero-order valence-corrected chi connectivity index (χ0v) is 10.3. The minimum absolute atomic E-state index is 0.195. The van der Waals surface area contributed by atoms with Crippen LogP contribution in [0.25, 0.3) is 0 Å². The van der Waals surface area contributed by atoms with Gasteiger partial charge in [-0.2, -0.15) is 0 Å². The lowest BCUT2D eigenvalue weighted by Gasteiger charge is -2.40. The fraction of sp³-hybridized carbons (Fsp3) is 0.500. The predicted octanol–water partition coefficient (Wildman–Crippen LogP) is 1.61. The van der Waals surface area contributed by atoms with Crippen LogP contribution in [0.15, 0.2) is 24.3 Å². The summed E-state index contributed by atoms with van der Waals surface area (Å²) in [5, 5.41) is 3.42. The lowest BCUT2D eigenvalue weighted by molar-refractivity contribution is 0.0576. The molecule has 3 rings (SSSR count). The van der Waals surface area contributed by atoms with Gasteiger partial charge in [0.1, 0.15) is 0 Å². The summed E-state index contributed by atoms with van der Waals surface area (Å²) in [4.78, 5) is 14.5. The van der Waals surface area contributed by atoms with Gasteiger partial charge in [0, 0.05) is 30.6 Å². The van der Waals surface area contributed by atoms with Crippen LogP contribution in [-0.4, -0.2) is 36.0 Å².